The summed E-state index contributed by atoms with van der Waals surface area (Å²) < 4.78 is 27.3. The fourth-order valence-electron chi connectivity index (χ4n) is 2.47. The van der Waals surface area contributed by atoms with Crippen LogP contribution in [-0.2, 0) is 16.4 Å². The first-order chi connectivity index (χ1) is 12.7. The molecule has 10 heteroatoms. The van der Waals surface area contributed by atoms with Crippen LogP contribution in [0.4, 0.5) is 0 Å². The second-order valence-corrected chi connectivity index (χ2v) is 10.6. The summed E-state index contributed by atoms with van der Waals surface area (Å²) in [7, 11) is -1.79. The minimum atomic E-state index is -3.48. The van der Waals surface area contributed by atoms with E-state index in [9.17, 15) is 8.42 Å². The Balaban J connectivity index is 1.73. The van der Waals surface area contributed by atoms with Crippen LogP contribution in [0.15, 0.2) is 16.0 Å². The Bertz CT molecular complexity index is 880. The van der Waals surface area contributed by atoms with Gasteiger partial charge in [-0.15, -0.1) is 22.7 Å². The van der Waals surface area contributed by atoms with Crippen LogP contribution in [0.2, 0.25) is 0 Å². The topological polar surface area (TPSA) is 95.5 Å². The van der Waals surface area contributed by atoms with E-state index >= 15 is 0 Å². The summed E-state index contributed by atoms with van der Waals surface area (Å²) in [5.74, 6) is 0.641. The van der Waals surface area contributed by atoms with E-state index in [0.29, 0.717) is 23.9 Å². The second-order valence-electron chi connectivity index (χ2n) is 6.10. The number of aryl methyl sites for hydroxylation is 4. The summed E-state index contributed by atoms with van der Waals surface area (Å²) in [6, 6.07) is 1.71. The van der Waals surface area contributed by atoms with Gasteiger partial charge in [0.05, 0.1) is 15.6 Å². The van der Waals surface area contributed by atoms with Crippen molar-refractivity contribution in [2.24, 2.45) is 4.99 Å². The molecule has 2 aromatic heterocycles. The van der Waals surface area contributed by atoms with Crippen LogP contribution < -0.4 is 15.4 Å². The van der Waals surface area contributed by atoms with E-state index in [1.54, 1.807) is 24.5 Å². The lowest BCUT2D eigenvalue weighted by Gasteiger charge is -2.12. The summed E-state index contributed by atoms with van der Waals surface area (Å²) in [6.07, 6.45) is 0.823. The van der Waals surface area contributed by atoms with Gasteiger partial charge in [0, 0.05) is 47.7 Å². The number of aromatic nitrogens is 1. The number of rotatable bonds is 8. The first-order valence-electron chi connectivity index (χ1n) is 8.67. The molecule has 150 valence electrons. The fourth-order valence-corrected chi connectivity index (χ4v) is 5.99. The van der Waals surface area contributed by atoms with E-state index in [1.165, 1.54) is 16.2 Å². The van der Waals surface area contributed by atoms with Crippen molar-refractivity contribution >= 4 is 38.7 Å². The molecule has 0 amide bonds. The molecular formula is C17H27N5O2S3. The predicted molar refractivity (Wildman–Crippen MR) is 114 cm³/mol. The lowest BCUT2D eigenvalue weighted by Crippen LogP contribution is -2.42. The molecule has 2 heterocycles. The van der Waals surface area contributed by atoms with Crippen molar-refractivity contribution in [2.75, 3.05) is 26.7 Å². The molecule has 0 aliphatic carbocycles. The van der Waals surface area contributed by atoms with Crippen LogP contribution in [0.3, 0.4) is 0 Å². The Morgan fingerprint density at radius 2 is 1.78 bits per heavy atom. The predicted octanol–water partition coefficient (Wildman–Crippen LogP) is 2.12. The van der Waals surface area contributed by atoms with E-state index in [2.05, 4.69) is 32.3 Å². The molecule has 0 fully saturated rings. The quantitative estimate of drug-likeness (QED) is 0.339. The van der Waals surface area contributed by atoms with Gasteiger partial charge >= 0.3 is 0 Å². The van der Waals surface area contributed by atoms with Gasteiger partial charge in [-0.25, -0.2) is 18.1 Å². The van der Waals surface area contributed by atoms with Crippen molar-refractivity contribution in [2.45, 2.75) is 39.0 Å². The fraction of sp³-hybridized carbons (Fsp3) is 0.529. The number of hydrogen-bond donors (Lipinski definition) is 3. The van der Waals surface area contributed by atoms with Gasteiger partial charge in [-0.05, 0) is 33.8 Å². The van der Waals surface area contributed by atoms with Crippen molar-refractivity contribution < 1.29 is 8.42 Å². The van der Waals surface area contributed by atoms with Crippen LogP contribution in [0.5, 0.6) is 0 Å². The number of thiophene rings is 1. The number of sulfonamides is 1. The van der Waals surface area contributed by atoms with Gasteiger partial charge in [0.25, 0.3) is 0 Å². The lowest BCUT2D eigenvalue weighted by atomic mass is 10.4. The van der Waals surface area contributed by atoms with Gasteiger partial charge < -0.3 is 10.6 Å². The van der Waals surface area contributed by atoms with Gasteiger partial charge in [-0.3, -0.25) is 4.99 Å². The smallest absolute Gasteiger partial charge is 0.241 e. The maximum absolute atomic E-state index is 12.4. The third-order valence-corrected chi connectivity index (χ3v) is 7.74. The van der Waals surface area contributed by atoms with Gasteiger partial charge in [0.2, 0.25) is 10.0 Å². The maximum atomic E-state index is 12.4. The molecule has 0 aromatic carbocycles. The average molecular weight is 430 g/mol. The highest BCUT2D eigenvalue weighted by atomic mass is 32.2. The molecule has 3 N–H and O–H groups in total. The van der Waals surface area contributed by atoms with E-state index in [4.69, 9.17) is 0 Å². The molecule has 0 radical (unpaired) electrons. The van der Waals surface area contributed by atoms with Crippen LogP contribution in [-0.4, -0.2) is 46.0 Å². The highest BCUT2D eigenvalue weighted by Gasteiger charge is 2.18. The Hall–Kier alpha value is -1.49. The summed E-state index contributed by atoms with van der Waals surface area (Å²) in [4.78, 5) is 12.1. The third-order valence-electron chi connectivity index (χ3n) is 3.92. The SMILES string of the molecule is CN=C(NCCNS(=O)(=O)c1cc(C)sc1C)NCCc1nc(C)c(C)s1. The molecule has 7 nitrogen and oxygen atoms in total. The Kier molecular flexibility index (Phi) is 7.78. The minimum absolute atomic E-state index is 0.280. The summed E-state index contributed by atoms with van der Waals surface area (Å²) >= 11 is 3.20. The summed E-state index contributed by atoms with van der Waals surface area (Å²) in [5.41, 5.74) is 1.08. The van der Waals surface area contributed by atoms with Crippen LogP contribution >= 0.6 is 22.7 Å². The Labute approximate surface area is 169 Å². The molecule has 0 saturated carbocycles. The van der Waals surface area contributed by atoms with Crippen LogP contribution in [0.1, 0.15) is 25.3 Å². The molecule has 0 saturated heterocycles. The van der Waals surface area contributed by atoms with Crippen molar-refractivity contribution in [1.29, 1.82) is 0 Å². The molecule has 0 spiro atoms. The minimum Gasteiger partial charge on any atom is -0.356 e. The number of guanidine groups is 1. The van der Waals surface area contributed by atoms with Crippen molar-refractivity contribution in [3.8, 4) is 0 Å². The Morgan fingerprint density at radius 1 is 1.07 bits per heavy atom. The zero-order valence-electron chi connectivity index (χ0n) is 16.3. The molecule has 0 aliphatic heterocycles. The van der Waals surface area contributed by atoms with E-state index in [-0.39, 0.29) is 6.54 Å². The molecule has 27 heavy (non-hydrogen) atoms. The normalized spacial score (nSPS) is 12.4. The number of nitrogens with one attached hydrogen (secondary N) is 3. The molecule has 0 bridgehead atoms. The zero-order valence-corrected chi connectivity index (χ0v) is 18.8. The lowest BCUT2D eigenvalue weighted by molar-refractivity contribution is 0.580. The second kappa shape index (κ2) is 9.63. The highest BCUT2D eigenvalue weighted by molar-refractivity contribution is 7.89. The van der Waals surface area contributed by atoms with Crippen molar-refractivity contribution in [3.63, 3.8) is 0 Å². The number of aliphatic imine (C=N–C) groups is 1. The first kappa shape index (κ1) is 21.8. The van der Waals surface area contributed by atoms with Gasteiger partial charge in [0.15, 0.2) is 5.96 Å². The molecule has 0 aliphatic rings. The molecule has 0 unspecified atom stereocenters. The molecular weight excluding hydrogens is 402 g/mol. The van der Waals surface area contributed by atoms with Crippen LogP contribution in [0.25, 0.3) is 0 Å². The monoisotopic (exact) mass is 429 g/mol. The standard InChI is InChI=1S/C17H27N5O2S3/c1-11-10-15(14(4)25-11)27(23,24)21-9-8-20-17(18-5)19-7-6-16-22-12(2)13(3)26-16/h10,21H,6-9H2,1-5H3,(H2,18,19,20). The van der Waals surface area contributed by atoms with Gasteiger partial charge in [-0.1, -0.05) is 0 Å². The van der Waals surface area contributed by atoms with Crippen molar-refractivity contribution in [3.05, 3.63) is 31.4 Å². The first-order valence-corrected chi connectivity index (χ1v) is 11.8. The summed E-state index contributed by atoms with van der Waals surface area (Å²) in [6.45, 7) is 9.25. The van der Waals surface area contributed by atoms with E-state index in [0.717, 1.165) is 26.9 Å². The van der Waals surface area contributed by atoms with Gasteiger partial charge in [0.1, 0.15) is 0 Å². The van der Waals surface area contributed by atoms with Crippen LogP contribution in [0, 0.1) is 27.7 Å². The largest absolute Gasteiger partial charge is 0.356 e. The highest BCUT2D eigenvalue weighted by Crippen LogP contribution is 2.24. The number of thiazole rings is 1. The molecule has 0 atom stereocenters. The number of nitrogens with zero attached hydrogens (tertiary/aromatic N) is 2. The van der Waals surface area contributed by atoms with E-state index < -0.39 is 10.0 Å². The maximum Gasteiger partial charge on any atom is 0.241 e. The zero-order chi connectivity index (χ0) is 20.0. The molecule has 2 aromatic rings. The third kappa shape index (κ3) is 6.27. The van der Waals surface area contributed by atoms with E-state index in [1.807, 2.05) is 20.8 Å². The Morgan fingerprint density at radius 3 is 2.33 bits per heavy atom. The number of hydrogen-bond acceptors (Lipinski definition) is 6. The summed E-state index contributed by atoms with van der Waals surface area (Å²) in [5, 5.41) is 7.43. The van der Waals surface area contributed by atoms with Crippen molar-refractivity contribution in [1.82, 2.24) is 20.3 Å². The molecule has 2 rings (SSSR count). The van der Waals surface area contributed by atoms with Gasteiger partial charge in [-0.2, -0.15) is 0 Å². The average Bonchev–Trinajstić information content (AvgIpc) is 3.11.